The summed E-state index contributed by atoms with van der Waals surface area (Å²) in [4.78, 5) is 0. The van der Waals surface area contributed by atoms with E-state index in [2.05, 4.69) is 15.9 Å². The molecule has 0 fully saturated rings. The van der Waals surface area contributed by atoms with Crippen LogP contribution in [0.1, 0.15) is 11.1 Å². The van der Waals surface area contributed by atoms with E-state index in [1.54, 1.807) is 20.3 Å². The number of methoxy groups -OCH3 is 2. The van der Waals surface area contributed by atoms with Crippen molar-refractivity contribution in [2.45, 2.75) is 11.9 Å². The van der Waals surface area contributed by atoms with Crippen LogP contribution in [0.2, 0.25) is 5.02 Å². The van der Waals surface area contributed by atoms with Gasteiger partial charge in [0.25, 0.3) is 0 Å². The van der Waals surface area contributed by atoms with Crippen molar-refractivity contribution in [2.24, 2.45) is 0 Å². The van der Waals surface area contributed by atoms with Crippen molar-refractivity contribution >= 4 is 27.5 Å². The van der Waals surface area contributed by atoms with Crippen LogP contribution in [0.5, 0.6) is 17.2 Å². The maximum absolute atomic E-state index is 6.02. The predicted octanol–water partition coefficient (Wildman–Crippen LogP) is 4.83. The molecule has 0 N–H and O–H groups in total. The van der Waals surface area contributed by atoms with Crippen LogP contribution in [-0.2, 0) is 11.9 Å². The molecule has 112 valence electrons. The highest BCUT2D eigenvalue weighted by Gasteiger charge is 2.09. The molecule has 0 saturated carbocycles. The first-order valence-corrected chi connectivity index (χ1v) is 7.86. The molecule has 0 bridgehead atoms. The number of benzene rings is 2. The SMILES string of the molecule is COc1ccc(Cl)cc1COc1cc(CBr)ccc1OC. The molecule has 0 unspecified atom stereocenters. The van der Waals surface area contributed by atoms with Crippen LogP contribution in [0.3, 0.4) is 0 Å². The highest BCUT2D eigenvalue weighted by molar-refractivity contribution is 9.08. The molecule has 2 aromatic rings. The molecule has 21 heavy (non-hydrogen) atoms. The quantitative estimate of drug-likeness (QED) is 0.681. The van der Waals surface area contributed by atoms with Gasteiger partial charge < -0.3 is 14.2 Å². The Morgan fingerprint density at radius 2 is 1.67 bits per heavy atom. The molecular formula is C16H16BrClO3. The zero-order chi connectivity index (χ0) is 15.2. The minimum atomic E-state index is 0.353. The Balaban J connectivity index is 2.21. The summed E-state index contributed by atoms with van der Waals surface area (Å²) in [5.74, 6) is 2.13. The first-order valence-electron chi connectivity index (χ1n) is 6.36. The summed E-state index contributed by atoms with van der Waals surface area (Å²) in [5.41, 5.74) is 2.00. The molecule has 0 radical (unpaired) electrons. The average molecular weight is 372 g/mol. The summed E-state index contributed by atoms with van der Waals surface area (Å²) >= 11 is 9.45. The molecule has 0 aromatic heterocycles. The van der Waals surface area contributed by atoms with Gasteiger partial charge in [0.2, 0.25) is 0 Å². The smallest absolute Gasteiger partial charge is 0.161 e. The van der Waals surface area contributed by atoms with E-state index < -0.39 is 0 Å². The van der Waals surface area contributed by atoms with Crippen molar-refractivity contribution in [2.75, 3.05) is 14.2 Å². The summed E-state index contributed by atoms with van der Waals surface area (Å²) in [6, 6.07) is 11.3. The second kappa shape index (κ2) is 7.57. The summed E-state index contributed by atoms with van der Waals surface area (Å²) < 4.78 is 16.5. The fraction of sp³-hybridized carbons (Fsp3) is 0.250. The number of halogens is 2. The van der Waals surface area contributed by atoms with Crippen molar-refractivity contribution in [3.63, 3.8) is 0 Å². The van der Waals surface area contributed by atoms with Gasteiger partial charge >= 0.3 is 0 Å². The molecule has 0 amide bonds. The number of ether oxygens (including phenoxy) is 3. The van der Waals surface area contributed by atoms with E-state index in [0.29, 0.717) is 23.1 Å². The first kappa shape index (κ1) is 16.0. The highest BCUT2D eigenvalue weighted by Crippen LogP contribution is 2.31. The number of hydrogen-bond acceptors (Lipinski definition) is 3. The maximum atomic E-state index is 6.02. The molecule has 0 spiro atoms. The van der Waals surface area contributed by atoms with Gasteiger partial charge in [0.1, 0.15) is 12.4 Å². The molecule has 0 heterocycles. The maximum Gasteiger partial charge on any atom is 0.161 e. The third kappa shape index (κ3) is 4.05. The summed E-state index contributed by atoms with van der Waals surface area (Å²) in [6.45, 7) is 0.353. The van der Waals surface area contributed by atoms with Gasteiger partial charge in [-0.25, -0.2) is 0 Å². The van der Waals surface area contributed by atoms with Crippen molar-refractivity contribution in [3.8, 4) is 17.2 Å². The minimum Gasteiger partial charge on any atom is -0.496 e. The van der Waals surface area contributed by atoms with Gasteiger partial charge in [0, 0.05) is 15.9 Å². The average Bonchev–Trinajstić information content (AvgIpc) is 2.52. The Labute approximate surface area is 137 Å². The molecule has 0 saturated heterocycles. The third-order valence-electron chi connectivity index (χ3n) is 3.01. The van der Waals surface area contributed by atoms with E-state index in [9.17, 15) is 0 Å². The van der Waals surface area contributed by atoms with Gasteiger partial charge in [0.05, 0.1) is 14.2 Å². The van der Waals surface area contributed by atoms with Crippen LogP contribution >= 0.6 is 27.5 Å². The van der Waals surface area contributed by atoms with Crippen molar-refractivity contribution in [1.29, 1.82) is 0 Å². The minimum absolute atomic E-state index is 0.353. The van der Waals surface area contributed by atoms with E-state index in [0.717, 1.165) is 22.2 Å². The monoisotopic (exact) mass is 370 g/mol. The van der Waals surface area contributed by atoms with Crippen LogP contribution in [0, 0.1) is 0 Å². The van der Waals surface area contributed by atoms with Crippen molar-refractivity contribution < 1.29 is 14.2 Å². The van der Waals surface area contributed by atoms with E-state index in [-0.39, 0.29) is 0 Å². The van der Waals surface area contributed by atoms with Crippen LogP contribution < -0.4 is 14.2 Å². The Hall–Kier alpha value is -1.39. The Morgan fingerprint density at radius 1 is 0.952 bits per heavy atom. The lowest BCUT2D eigenvalue weighted by atomic mass is 10.2. The topological polar surface area (TPSA) is 27.7 Å². The Kier molecular flexibility index (Phi) is 5.76. The van der Waals surface area contributed by atoms with Crippen LogP contribution in [0.15, 0.2) is 36.4 Å². The van der Waals surface area contributed by atoms with Crippen LogP contribution in [-0.4, -0.2) is 14.2 Å². The van der Waals surface area contributed by atoms with E-state index in [1.165, 1.54) is 0 Å². The van der Waals surface area contributed by atoms with Gasteiger partial charge in [-0.3, -0.25) is 0 Å². The lowest BCUT2D eigenvalue weighted by Gasteiger charge is -2.14. The van der Waals surface area contributed by atoms with E-state index in [4.69, 9.17) is 25.8 Å². The van der Waals surface area contributed by atoms with Crippen molar-refractivity contribution in [1.82, 2.24) is 0 Å². The Bertz CT molecular complexity index is 616. The largest absolute Gasteiger partial charge is 0.496 e. The third-order valence-corrected chi connectivity index (χ3v) is 3.89. The normalized spacial score (nSPS) is 10.3. The van der Waals surface area contributed by atoms with Gasteiger partial charge in [-0.1, -0.05) is 33.6 Å². The summed E-state index contributed by atoms with van der Waals surface area (Å²) in [5, 5.41) is 1.41. The fourth-order valence-electron chi connectivity index (χ4n) is 1.93. The molecule has 3 nitrogen and oxygen atoms in total. The molecule has 0 aliphatic carbocycles. The molecule has 0 atom stereocenters. The van der Waals surface area contributed by atoms with E-state index >= 15 is 0 Å². The van der Waals surface area contributed by atoms with Crippen LogP contribution in [0.25, 0.3) is 0 Å². The molecule has 2 aromatic carbocycles. The Morgan fingerprint density at radius 3 is 2.33 bits per heavy atom. The summed E-state index contributed by atoms with van der Waals surface area (Å²) in [7, 11) is 3.24. The van der Waals surface area contributed by atoms with Gasteiger partial charge in [-0.05, 0) is 35.9 Å². The fourth-order valence-corrected chi connectivity index (χ4v) is 2.48. The predicted molar refractivity (Wildman–Crippen MR) is 88.0 cm³/mol. The lowest BCUT2D eigenvalue weighted by molar-refractivity contribution is 0.278. The second-order valence-corrected chi connectivity index (χ2v) is 5.36. The van der Waals surface area contributed by atoms with Crippen LogP contribution in [0.4, 0.5) is 0 Å². The highest BCUT2D eigenvalue weighted by atomic mass is 79.9. The number of alkyl halides is 1. The molecule has 2 rings (SSSR count). The molecule has 5 heteroatoms. The number of rotatable bonds is 6. The van der Waals surface area contributed by atoms with Gasteiger partial charge in [0.15, 0.2) is 11.5 Å². The lowest BCUT2D eigenvalue weighted by Crippen LogP contribution is -2.00. The van der Waals surface area contributed by atoms with Crippen molar-refractivity contribution in [3.05, 3.63) is 52.5 Å². The zero-order valence-corrected chi connectivity index (χ0v) is 14.2. The molecule has 0 aliphatic heterocycles. The standard InChI is InChI=1S/C16H16BrClO3/c1-19-14-6-4-13(18)8-12(14)10-21-16-7-11(9-17)3-5-15(16)20-2/h3-8H,9-10H2,1-2H3. The molecular weight excluding hydrogens is 356 g/mol. The van der Waals surface area contributed by atoms with E-state index in [1.807, 2.05) is 30.3 Å². The molecule has 0 aliphatic rings. The second-order valence-electron chi connectivity index (χ2n) is 4.36. The number of hydrogen-bond donors (Lipinski definition) is 0. The van der Waals surface area contributed by atoms with Gasteiger partial charge in [-0.2, -0.15) is 0 Å². The summed E-state index contributed by atoms with van der Waals surface area (Å²) in [6.07, 6.45) is 0. The first-order chi connectivity index (χ1) is 10.2. The zero-order valence-electron chi connectivity index (χ0n) is 11.9. The van der Waals surface area contributed by atoms with Gasteiger partial charge in [-0.15, -0.1) is 0 Å².